The van der Waals surface area contributed by atoms with E-state index in [0.717, 1.165) is 12.8 Å². The van der Waals surface area contributed by atoms with Crippen LogP contribution in [-0.4, -0.2) is 11.1 Å². The van der Waals surface area contributed by atoms with Gasteiger partial charge in [0.15, 0.2) is 0 Å². The fourth-order valence-corrected chi connectivity index (χ4v) is 3.09. The lowest BCUT2D eigenvalue weighted by Gasteiger charge is -2.19. The van der Waals surface area contributed by atoms with Crippen LogP contribution in [0.1, 0.15) is 34.6 Å². The zero-order valence-corrected chi connectivity index (χ0v) is 11.2. The molecular weight excluding hydrogens is 250 g/mol. The first kappa shape index (κ1) is 12.9. The van der Waals surface area contributed by atoms with E-state index in [0.29, 0.717) is 0 Å². The molecule has 20 heavy (non-hydrogen) atoms. The third kappa shape index (κ3) is 2.32. The molecule has 0 spiro atoms. The second-order valence-electron chi connectivity index (χ2n) is 5.19. The van der Waals surface area contributed by atoms with E-state index in [9.17, 15) is 4.79 Å². The maximum absolute atomic E-state index is 11.7. The molecule has 0 aromatic heterocycles. The molecule has 0 fully saturated rings. The normalized spacial score (nSPS) is 14.1. The standard InChI is InChI=1S/C17H17NO2/c19-17(18-20)11-16-14-7-3-1-5-12(14)9-10-13-6-2-4-8-15(13)16/h1-8,16,20H,9-11H2,(H,18,19). The molecule has 0 atom stereocenters. The fourth-order valence-electron chi connectivity index (χ4n) is 3.09. The van der Waals surface area contributed by atoms with Crippen LogP contribution in [0.5, 0.6) is 0 Å². The minimum absolute atomic E-state index is 0.0112. The molecule has 0 radical (unpaired) electrons. The van der Waals surface area contributed by atoms with Gasteiger partial charge in [-0.1, -0.05) is 48.5 Å². The summed E-state index contributed by atoms with van der Waals surface area (Å²) in [5.41, 5.74) is 6.73. The predicted molar refractivity (Wildman–Crippen MR) is 76.7 cm³/mol. The fraction of sp³-hybridized carbons (Fsp3) is 0.235. The van der Waals surface area contributed by atoms with Gasteiger partial charge in [-0.3, -0.25) is 10.0 Å². The molecule has 2 aromatic rings. The molecule has 2 N–H and O–H groups in total. The van der Waals surface area contributed by atoms with Crippen molar-refractivity contribution in [3.63, 3.8) is 0 Å². The van der Waals surface area contributed by atoms with Gasteiger partial charge in [0.1, 0.15) is 0 Å². The highest BCUT2D eigenvalue weighted by molar-refractivity contribution is 5.76. The minimum Gasteiger partial charge on any atom is -0.289 e. The van der Waals surface area contributed by atoms with Crippen LogP contribution in [0.4, 0.5) is 0 Å². The average Bonchev–Trinajstić information content (AvgIpc) is 2.65. The van der Waals surface area contributed by atoms with Crippen LogP contribution in [0.15, 0.2) is 48.5 Å². The SMILES string of the molecule is O=C(CC1c2ccccc2CCc2ccccc21)NO. The average molecular weight is 267 g/mol. The highest BCUT2D eigenvalue weighted by Crippen LogP contribution is 2.36. The van der Waals surface area contributed by atoms with E-state index in [2.05, 4.69) is 24.3 Å². The number of hydroxylamine groups is 1. The Morgan fingerprint density at radius 1 is 1.00 bits per heavy atom. The minimum atomic E-state index is -0.346. The molecule has 102 valence electrons. The van der Waals surface area contributed by atoms with Gasteiger partial charge in [-0.05, 0) is 35.1 Å². The van der Waals surface area contributed by atoms with Crippen LogP contribution >= 0.6 is 0 Å². The lowest BCUT2D eigenvalue weighted by Crippen LogP contribution is -2.22. The summed E-state index contributed by atoms with van der Waals surface area (Å²) < 4.78 is 0. The largest absolute Gasteiger partial charge is 0.289 e. The Morgan fingerprint density at radius 3 is 2.00 bits per heavy atom. The Balaban J connectivity index is 2.11. The van der Waals surface area contributed by atoms with Crippen LogP contribution in [0.25, 0.3) is 0 Å². The zero-order chi connectivity index (χ0) is 13.9. The quantitative estimate of drug-likeness (QED) is 0.649. The number of benzene rings is 2. The van der Waals surface area contributed by atoms with Gasteiger partial charge in [0.2, 0.25) is 5.91 Å². The molecule has 1 aliphatic carbocycles. The number of rotatable bonds is 2. The highest BCUT2D eigenvalue weighted by Gasteiger charge is 2.25. The van der Waals surface area contributed by atoms with E-state index in [4.69, 9.17) is 5.21 Å². The molecule has 0 bridgehead atoms. The monoisotopic (exact) mass is 267 g/mol. The Kier molecular flexibility index (Phi) is 3.52. The summed E-state index contributed by atoms with van der Waals surface area (Å²) in [4.78, 5) is 11.7. The summed E-state index contributed by atoms with van der Waals surface area (Å²) >= 11 is 0. The van der Waals surface area contributed by atoms with Crippen molar-refractivity contribution in [3.8, 4) is 0 Å². The summed E-state index contributed by atoms with van der Waals surface area (Å²) in [6.07, 6.45) is 2.25. The highest BCUT2D eigenvalue weighted by atomic mass is 16.5. The number of aryl methyl sites for hydroxylation is 2. The van der Waals surface area contributed by atoms with Crippen molar-refractivity contribution in [1.82, 2.24) is 5.48 Å². The first-order chi connectivity index (χ1) is 9.79. The van der Waals surface area contributed by atoms with E-state index in [1.807, 2.05) is 24.3 Å². The molecule has 0 saturated carbocycles. The van der Waals surface area contributed by atoms with Crippen molar-refractivity contribution >= 4 is 5.91 Å². The van der Waals surface area contributed by atoms with Crippen LogP contribution in [-0.2, 0) is 17.6 Å². The summed E-state index contributed by atoms with van der Waals surface area (Å²) in [6.45, 7) is 0. The third-order valence-corrected chi connectivity index (χ3v) is 4.04. The van der Waals surface area contributed by atoms with Crippen molar-refractivity contribution in [2.24, 2.45) is 0 Å². The Labute approximate surface area is 118 Å². The van der Waals surface area contributed by atoms with Gasteiger partial charge in [-0.15, -0.1) is 0 Å². The number of hydrogen-bond acceptors (Lipinski definition) is 2. The lowest BCUT2D eigenvalue weighted by molar-refractivity contribution is -0.129. The first-order valence-electron chi connectivity index (χ1n) is 6.88. The number of fused-ring (bicyclic) bond motifs is 2. The van der Waals surface area contributed by atoms with Crippen molar-refractivity contribution in [2.45, 2.75) is 25.2 Å². The third-order valence-electron chi connectivity index (χ3n) is 4.04. The second kappa shape index (κ2) is 5.47. The molecule has 0 unspecified atom stereocenters. The van der Waals surface area contributed by atoms with Crippen LogP contribution < -0.4 is 5.48 Å². The van der Waals surface area contributed by atoms with Gasteiger partial charge in [-0.2, -0.15) is 0 Å². The number of hydrogen-bond donors (Lipinski definition) is 2. The maximum atomic E-state index is 11.7. The number of nitrogens with one attached hydrogen (secondary N) is 1. The molecule has 3 heteroatoms. The number of carbonyl (C=O) groups excluding carboxylic acids is 1. The number of carbonyl (C=O) groups is 1. The van der Waals surface area contributed by atoms with E-state index >= 15 is 0 Å². The van der Waals surface area contributed by atoms with Gasteiger partial charge < -0.3 is 0 Å². The van der Waals surface area contributed by atoms with E-state index in [1.165, 1.54) is 22.3 Å². The summed E-state index contributed by atoms with van der Waals surface area (Å²) in [7, 11) is 0. The van der Waals surface area contributed by atoms with Gasteiger partial charge in [-0.25, -0.2) is 5.48 Å². The second-order valence-corrected chi connectivity index (χ2v) is 5.19. The van der Waals surface area contributed by atoms with Crippen LogP contribution in [0.2, 0.25) is 0 Å². The van der Waals surface area contributed by atoms with Crippen molar-refractivity contribution in [1.29, 1.82) is 0 Å². The Morgan fingerprint density at radius 2 is 1.50 bits per heavy atom. The maximum Gasteiger partial charge on any atom is 0.244 e. The van der Waals surface area contributed by atoms with Crippen LogP contribution in [0.3, 0.4) is 0 Å². The molecular formula is C17H17NO2. The summed E-state index contributed by atoms with van der Waals surface area (Å²) in [5, 5.41) is 8.83. The smallest absolute Gasteiger partial charge is 0.244 e. The Bertz CT molecular complexity index is 589. The molecule has 2 aromatic carbocycles. The van der Waals surface area contributed by atoms with Crippen molar-refractivity contribution in [3.05, 3.63) is 70.8 Å². The molecule has 3 rings (SSSR count). The Hall–Kier alpha value is -2.13. The summed E-state index contributed by atoms with van der Waals surface area (Å²) in [5.74, 6) is -0.335. The lowest BCUT2D eigenvalue weighted by atomic mass is 9.85. The predicted octanol–water partition coefficient (Wildman–Crippen LogP) is 2.81. The first-order valence-corrected chi connectivity index (χ1v) is 6.88. The van der Waals surface area contributed by atoms with E-state index in [-0.39, 0.29) is 18.2 Å². The molecule has 1 aliphatic rings. The topological polar surface area (TPSA) is 49.3 Å². The molecule has 0 saturated heterocycles. The van der Waals surface area contributed by atoms with Crippen LogP contribution in [0, 0.1) is 0 Å². The van der Waals surface area contributed by atoms with Crippen molar-refractivity contribution < 1.29 is 10.0 Å². The van der Waals surface area contributed by atoms with Gasteiger partial charge >= 0.3 is 0 Å². The van der Waals surface area contributed by atoms with E-state index in [1.54, 1.807) is 5.48 Å². The summed E-state index contributed by atoms with van der Waals surface area (Å²) in [6, 6.07) is 16.5. The molecule has 0 aliphatic heterocycles. The van der Waals surface area contributed by atoms with Gasteiger partial charge in [0.05, 0.1) is 0 Å². The van der Waals surface area contributed by atoms with Gasteiger partial charge in [0, 0.05) is 12.3 Å². The van der Waals surface area contributed by atoms with Crippen molar-refractivity contribution in [2.75, 3.05) is 0 Å². The van der Waals surface area contributed by atoms with Gasteiger partial charge in [0.25, 0.3) is 0 Å². The molecule has 0 heterocycles. The number of amides is 1. The zero-order valence-electron chi connectivity index (χ0n) is 11.2. The molecule has 1 amide bonds. The van der Waals surface area contributed by atoms with E-state index < -0.39 is 0 Å². The molecule has 3 nitrogen and oxygen atoms in total.